The summed E-state index contributed by atoms with van der Waals surface area (Å²) in [7, 11) is 0. The van der Waals surface area contributed by atoms with Crippen LogP contribution >= 0.6 is 0 Å². The lowest BCUT2D eigenvalue weighted by atomic mass is 9.98. The average molecular weight is 257 g/mol. The molecular weight excluding hydrogens is 230 g/mol. The van der Waals surface area contributed by atoms with E-state index in [4.69, 9.17) is 14.6 Å². The molecule has 0 atom stereocenters. The molecule has 1 fully saturated rings. The fourth-order valence-electron chi connectivity index (χ4n) is 2.32. The molecule has 1 aliphatic carbocycles. The fourth-order valence-corrected chi connectivity index (χ4v) is 2.32. The highest BCUT2D eigenvalue weighted by Crippen LogP contribution is 2.19. The van der Waals surface area contributed by atoms with Crippen LogP contribution in [0.25, 0.3) is 0 Å². The van der Waals surface area contributed by atoms with Gasteiger partial charge in [-0.05, 0) is 12.8 Å². The van der Waals surface area contributed by atoms with E-state index in [1.54, 1.807) is 0 Å². The second kappa shape index (κ2) is 10.4. The van der Waals surface area contributed by atoms with Crippen LogP contribution in [0.15, 0.2) is 12.8 Å². The van der Waals surface area contributed by atoms with Crippen molar-refractivity contribution in [3.8, 4) is 0 Å². The van der Waals surface area contributed by atoms with Crippen molar-refractivity contribution >= 4 is 0 Å². The summed E-state index contributed by atoms with van der Waals surface area (Å²) in [6, 6.07) is 0. The van der Waals surface area contributed by atoms with Crippen molar-refractivity contribution in [2.75, 3.05) is 39.5 Å². The zero-order chi connectivity index (χ0) is 13.1. The van der Waals surface area contributed by atoms with Crippen molar-refractivity contribution < 1.29 is 14.6 Å². The number of nitrogens with zero attached hydrogens (tertiary/aromatic N) is 1. The Hall–Kier alpha value is -0.580. The normalized spacial score (nSPS) is 17.0. The Morgan fingerprint density at radius 3 is 2.50 bits per heavy atom. The molecule has 18 heavy (non-hydrogen) atoms. The van der Waals surface area contributed by atoms with Gasteiger partial charge < -0.3 is 14.6 Å². The number of hydrogen-bond donors (Lipinski definition) is 1. The maximum absolute atomic E-state index is 9.00. The molecule has 0 saturated heterocycles. The van der Waals surface area contributed by atoms with Crippen LogP contribution in [-0.4, -0.2) is 55.6 Å². The average Bonchev–Trinajstić information content (AvgIpc) is 2.40. The lowest BCUT2D eigenvalue weighted by molar-refractivity contribution is 0.0121. The van der Waals surface area contributed by atoms with Crippen LogP contribution in [0.5, 0.6) is 0 Å². The summed E-state index contributed by atoms with van der Waals surface area (Å²) in [4.78, 5) is 2.16. The van der Waals surface area contributed by atoms with Gasteiger partial charge in [0, 0.05) is 19.6 Å². The molecule has 1 saturated carbocycles. The van der Waals surface area contributed by atoms with E-state index < -0.39 is 0 Å². The van der Waals surface area contributed by atoms with Crippen LogP contribution < -0.4 is 0 Å². The molecule has 0 aliphatic heterocycles. The minimum Gasteiger partial charge on any atom is -0.500 e. The third kappa shape index (κ3) is 6.99. The highest BCUT2D eigenvalue weighted by Gasteiger charge is 2.14. The van der Waals surface area contributed by atoms with Gasteiger partial charge in [0.05, 0.1) is 32.2 Å². The minimum atomic E-state index is 0.178. The zero-order valence-corrected chi connectivity index (χ0v) is 11.4. The van der Waals surface area contributed by atoms with Gasteiger partial charge in [-0.25, -0.2) is 0 Å². The topological polar surface area (TPSA) is 41.9 Å². The first-order chi connectivity index (χ1) is 8.86. The Morgan fingerprint density at radius 2 is 1.83 bits per heavy atom. The monoisotopic (exact) mass is 257 g/mol. The first-order valence-electron chi connectivity index (χ1n) is 7.04. The Bertz CT molecular complexity index is 205. The molecule has 1 aliphatic rings. The van der Waals surface area contributed by atoms with E-state index in [2.05, 4.69) is 11.5 Å². The number of ether oxygens (including phenoxy) is 2. The van der Waals surface area contributed by atoms with Gasteiger partial charge in [-0.1, -0.05) is 25.8 Å². The van der Waals surface area contributed by atoms with Gasteiger partial charge in [0.25, 0.3) is 0 Å². The largest absolute Gasteiger partial charge is 0.500 e. The molecule has 4 heteroatoms. The molecule has 0 unspecified atom stereocenters. The molecule has 0 radical (unpaired) electrons. The van der Waals surface area contributed by atoms with Crippen molar-refractivity contribution in [3.05, 3.63) is 12.8 Å². The fraction of sp³-hybridized carbons (Fsp3) is 0.857. The maximum atomic E-state index is 9.00. The highest BCUT2D eigenvalue weighted by molar-refractivity contribution is 4.66. The zero-order valence-electron chi connectivity index (χ0n) is 11.4. The first kappa shape index (κ1) is 15.5. The highest BCUT2D eigenvalue weighted by atomic mass is 16.5. The third-order valence-electron chi connectivity index (χ3n) is 3.37. The Kier molecular flexibility index (Phi) is 8.90. The summed E-state index contributed by atoms with van der Waals surface area (Å²) in [5, 5.41) is 9.00. The number of hydrogen-bond acceptors (Lipinski definition) is 4. The van der Waals surface area contributed by atoms with Gasteiger partial charge in [-0.2, -0.15) is 0 Å². The summed E-state index contributed by atoms with van der Waals surface area (Å²) >= 11 is 0. The van der Waals surface area contributed by atoms with Gasteiger partial charge >= 0.3 is 0 Å². The van der Waals surface area contributed by atoms with E-state index in [-0.39, 0.29) is 6.61 Å². The summed E-state index contributed by atoms with van der Waals surface area (Å²) in [5.74, 6) is 0. The molecule has 106 valence electrons. The van der Waals surface area contributed by atoms with E-state index >= 15 is 0 Å². The molecule has 0 aromatic carbocycles. The van der Waals surface area contributed by atoms with Crippen LogP contribution in [-0.2, 0) is 9.47 Å². The van der Waals surface area contributed by atoms with E-state index in [1.165, 1.54) is 38.4 Å². The Balaban J connectivity index is 2.09. The quantitative estimate of drug-likeness (QED) is 0.478. The van der Waals surface area contributed by atoms with Gasteiger partial charge in [0.1, 0.15) is 0 Å². The van der Waals surface area contributed by atoms with Crippen molar-refractivity contribution in [1.29, 1.82) is 0 Å². The molecule has 0 amide bonds. The molecule has 1 rings (SSSR count). The van der Waals surface area contributed by atoms with E-state index in [1.807, 2.05) is 0 Å². The molecule has 0 bridgehead atoms. The number of aliphatic hydroxyl groups is 1. The molecular formula is C14H27NO3. The number of aliphatic hydroxyl groups excluding tert-OH is 1. The van der Waals surface area contributed by atoms with Gasteiger partial charge in [0.15, 0.2) is 0 Å². The van der Waals surface area contributed by atoms with Crippen LogP contribution in [0.2, 0.25) is 0 Å². The van der Waals surface area contributed by atoms with Crippen LogP contribution in [0.3, 0.4) is 0 Å². The predicted molar refractivity (Wildman–Crippen MR) is 72.5 cm³/mol. The smallest absolute Gasteiger partial charge is 0.0999 e. The van der Waals surface area contributed by atoms with Crippen molar-refractivity contribution in [1.82, 2.24) is 4.90 Å². The van der Waals surface area contributed by atoms with Crippen molar-refractivity contribution in [2.45, 2.75) is 38.2 Å². The Morgan fingerprint density at radius 1 is 1.11 bits per heavy atom. The van der Waals surface area contributed by atoms with E-state index in [0.29, 0.717) is 19.3 Å². The molecule has 0 spiro atoms. The molecule has 4 nitrogen and oxygen atoms in total. The number of rotatable bonds is 10. The molecule has 0 aromatic rings. The molecule has 0 heterocycles. The lowest BCUT2D eigenvalue weighted by Gasteiger charge is -2.25. The van der Waals surface area contributed by atoms with Gasteiger partial charge in [0.2, 0.25) is 0 Å². The standard InChI is InChI=1S/C14H27NO3/c1-2-17-12-9-15(8-11-16)10-13-18-14-6-4-3-5-7-14/h2,14,16H,1,3-13H2. The van der Waals surface area contributed by atoms with E-state index in [0.717, 1.165) is 19.7 Å². The SMILES string of the molecule is C=COCCN(CCO)CCOC1CCCCC1. The second-order valence-electron chi connectivity index (χ2n) is 4.73. The summed E-state index contributed by atoms with van der Waals surface area (Å²) in [5.41, 5.74) is 0. The summed E-state index contributed by atoms with van der Waals surface area (Å²) in [6.45, 7) is 7.40. The predicted octanol–water partition coefficient (Wildman–Crippen LogP) is 1.79. The van der Waals surface area contributed by atoms with E-state index in [9.17, 15) is 0 Å². The minimum absolute atomic E-state index is 0.178. The third-order valence-corrected chi connectivity index (χ3v) is 3.37. The van der Waals surface area contributed by atoms with Crippen LogP contribution in [0, 0.1) is 0 Å². The van der Waals surface area contributed by atoms with Gasteiger partial charge in [-0.15, -0.1) is 0 Å². The molecule has 1 N–H and O–H groups in total. The van der Waals surface area contributed by atoms with Crippen molar-refractivity contribution in [3.63, 3.8) is 0 Å². The van der Waals surface area contributed by atoms with Gasteiger partial charge in [-0.3, -0.25) is 4.90 Å². The summed E-state index contributed by atoms with van der Waals surface area (Å²) < 4.78 is 11.0. The maximum Gasteiger partial charge on any atom is 0.0999 e. The Labute approximate surface area is 111 Å². The van der Waals surface area contributed by atoms with Crippen molar-refractivity contribution in [2.24, 2.45) is 0 Å². The first-order valence-corrected chi connectivity index (χ1v) is 7.04. The second-order valence-corrected chi connectivity index (χ2v) is 4.73. The van der Waals surface area contributed by atoms with Crippen LogP contribution in [0.4, 0.5) is 0 Å². The summed E-state index contributed by atoms with van der Waals surface area (Å²) in [6.07, 6.45) is 8.29. The lowest BCUT2D eigenvalue weighted by Crippen LogP contribution is -2.34. The van der Waals surface area contributed by atoms with Crippen LogP contribution in [0.1, 0.15) is 32.1 Å². The molecule has 0 aromatic heterocycles.